The molecule has 0 aromatic carbocycles. The monoisotopic (exact) mass is 207 g/mol. The molecular formula is C11H17N3O. The van der Waals surface area contributed by atoms with E-state index in [1.807, 2.05) is 19.1 Å². The minimum absolute atomic E-state index is 0.00680. The number of aromatic nitrogens is 1. The van der Waals surface area contributed by atoms with E-state index in [9.17, 15) is 4.79 Å². The number of amides is 1. The molecular weight excluding hydrogens is 190 g/mol. The van der Waals surface area contributed by atoms with Crippen LogP contribution in [0.15, 0.2) is 24.5 Å². The van der Waals surface area contributed by atoms with Crippen LogP contribution in [0.2, 0.25) is 0 Å². The van der Waals surface area contributed by atoms with E-state index >= 15 is 0 Å². The van der Waals surface area contributed by atoms with E-state index in [0.29, 0.717) is 13.0 Å². The second kappa shape index (κ2) is 6.14. The zero-order chi connectivity index (χ0) is 11.1. The van der Waals surface area contributed by atoms with Crippen molar-refractivity contribution in [2.75, 3.05) is 6.54 Å². The third-order valence-electron chi connectivity index (χ3n) is 1.98. The Kier molecular flexibility index (Phi) is 4.77. The standard InChI is InChI=1S/C11H17N3O/c1-9(12)7-14-11(15)5-4-10-3-2-6-13-8-10/h2-3,6,8-9H,4-5,7,12H2,1H3,(H,14,15). The highest BCUT2D eigenvalue weighted by molar-refractivity contribution is 5.76. The molecule has 1 unspecified atom stereocenters. The van der Waals surface area contributed by atoms with Crippen molar-refractivity contribution >= 4 is 5.91 Å². The first-order valence-corrected chi connectivity index (χ1v) is 5.09. The first kappa shape index (κ1) is 11.7. The number of hydrogen-bond acceptors (Lipinski definition) is 3. The summed E-state index contributed by atoms with van der Waals surface area (Å²) in [5, 5.41) is 2.77. The highest BCUT2D eigenvalue weighted by atomic mass is 16.1. The molecule has 4 heteroatoms. The average molecular weight is 207 g/mol. The molecule has 0 saturated heterocycles. The molecule has 15 heavy (non-hydrogen) atoms. The normalized spacial score (nSPS) is 12.1. The van der Waals surface area contributed by atoms with Gasteiger partial charge in [0.1, 0.15) is 0 Å². The van der Waals surface area contributed by atoms with Gasteiger partial charge >= 0.3 is 0 Å². The predicted molar refractivity (Wildman–Crippen MR) is 59.2 cm³/mol. The summed E-state index contributed by atoms with van der Waals surface area (Å²) >= 11 is 0. The molecule has 4 nitrogen and oxygen atoms in total. The molecule has 1 atom stereocenters. The Morgan fingerprint density at radius 2 is 2.47 bits per heavy atom. The number of hydrogen-bond donors (Lipinski definition) is 2. The fraction of sp³-hybridized carbons (Fsp3) is 0.455. The van der Waals surface area contributed by atoms with E-state index in [0.717, 1.165) is 12.0 Å². The topological polar surface area (TPSA) is 68.0 Å². The maximum Gasteiger partial charge on any atom is 0.220 e. The van der Waals surface area contributed by atoms with Crippen LogP contribution in [-0.2, 0) is 11.2 Å². The van der Waals surface area contributed by atoms with Crippen molar-refractivity contribution in [2.24, 2.45) is 5.73 Å². The smallest absolute Gasteiger partial charge is 0.220 e. The molecule has 0 aliphatic rings. The van der Waals surface area contributed by atoms with Crippen LogP contribution < -0.4 is 11.1 Å². The first-order chi connectivity index (χ1) is 7.18. The average Bonchev–Trinajstić information content (AvgIpc) is 2.25. The Morgan fingerprint density at radius 3 is 3.07 bits per heavy atom. The Morgan fingerprint density at radius 1 is 1.67 bits per heavy atom. The van der Waals surface area contributed by atoms with Crippen molar-refractivity contribution in [3.63, 3.8) is 0 Å². The Balaban J connectivity index is 2.23. The number of aryl methyl sites for hydroxylation is 1. The maximum atomic E-state index is 11.3. The minimum atomic E-state index is 0.00680. The van der Waals surface area contributed by atoms with Crippen molar-refractivity contribution in [1.82, 2.24) is 10.3 Å². The molecule has 0 fully saturated rings. The van der Waals surface area contributed by atoms with E-state index in [2.05, 4.69) is 10.3 Å². The zero-order valence-corrected chi connectivity index (χ0v) is 8.94. The van der Waals surface area contributed by atoms with Crippen molar-refractivity contribution in [3.05, 3.63) is 30.1 Å². The Bertz CT molecular complexity index is 298. The van der Waals surface area contributed by atoms with Crippen molar-refractivity contribution in [3.8, 4) is 0 Å². The summed E-state index contributed by atoms with van der Waals surface area (Å²) in [6, 6.07) is 3.84. The molecule has 0 saturated carbocycles. The van der Waals surface area contributed by atoms with Gasteiger partial charge in [-0.3, -0.25) is 9.78 Å². The van der Waals surface area contributed by atoms with Crippen LogP contribution >= 0.6 is 0 Å². The number of pyridine rings is 1. The summed E-state index contributed by atoms with van der Waals surface area (Å²) < 4.78 is 0. The van der Waals surface area contributed by atoms with Gasteiger partial charge in [-0.25, -0.2) is 0 Å². The third-order valence-corrected chi connectivity index (χ3v) is 1.98. The van der Waals surface area contributed by atoms with E-state index in [1.165, 1.54) is 0 Å². The van der Waals surface area contributed by atoms with Gasteiger partial charge in [0.2, 0.25) is 5.91 Å². The second-order valence-electron chi connectivity index (χ2n) is 3.64. The summed E-state index contributed by atoms with van der Waals surface area (Å²) in [6.45, 7) is 2.40. The predicted octanol–water partition coefficient (Wildman–Crippen LogP) is 0.478. The fourth-order valence-corrected chi connectivity index (χ4v) is 1.17. The molecule has 1 aromatic rings. The van der Waals surface area contributed by atoms with Crippen molar-refractivity contribution < 1.29 is 4.79 Å². The summed E-state index contributed by atoms with van der Waals surface area (Å²) in [5.41, 5.74) is 6.60. The van der Waals surface area contributed by atoms with E-state index in [1.54, 1.807) is 12.4 Å². The molecule has 1 amide bonds. The molecule has 3 N–H and O–H groups in total. The summed E-state index contributed by atoms with van der Waals surface area (Å²) in [6.07, 6.45) is 4.70. The Labute approximate surface area is 89.9 Å². The molecule has 1 aromatic heterocycles. The molecule has 1 rings (SSSR count). The molecule has 0 aliphatic heterocycles. The lowest BCUT2D eigenvalue weighted by molar-refractivity contribution is -0.121. The van der Waals surface area contributed by atoms with Crippen LogP contribution in [-0.4, -0.2) is 23.5 Å². The summed E-state index contributed by atoms with van der Waals surface area (Å²) in [7, 11) is 0. The van der Waals surface area contributed by atoms with Gasteiger partial charge in [-0.2, -0.15) is 0 Å². The van der Waals surface area contributed by atoms with Crippen LogP contribution in [0.1, 0.15) is 18.9 Å². The van der Waals surface area contributed by atoms with Gasteiger partial charge < -0.3 is 11.1 Å². The van der Waals surface area contributed by atoms with Crippen molar-refractivity contribution in [2.45, 2.75) is 25.8 Å². The zero-order valence-electron chi connectivity index (χ0n) is 8.94. The van der Waals surface area contributed by atoms with Crippen LogP contribution in [0.5, 0.6) is 0 Å². The lowest BCUT2D eigenvalue weighted by atomic mass is 10.1. The highest BCUT2D eigenvalue weighted by Crippen LogP contribution is 1.99. The summed E-state index contributed by atoms with van der Waals surface area (Å²) in [4.78, 5) is 15.3. The second-order valence-corrected chi connectivity index (χ2v) is 3.64. The van der Waals surface area contributed by atoms with E-state index in [4.69, 9.17) is 5.73 Å². The number of nitrogens with zero attached hydrogens (tertiary/aromatic N) is 1. The number of nitrogens with two attached hydrogens (primary N) is 1. The van der Waals surface area contributed by atoms with Gasteiger partial charge in [-0.15, -0.1) is 0 Å². The number of rotatable bonds is 5. The molecule has 0 radical (unpaired) electrons. The number of carbonyl (C=O) groups excluding carboxylic acids is 1. The Hall–Kier alpha value is -1.42. The lowest BCUT2D eigenvalue weighted by Gasteiger charge is -2.07. The van der Waals surface area contributed by atoms with Gasteiger partial charge in [0.05, 0.1) is 0 Å². The lowest BCUT2D eigenvalue weighted by Crippen LogP contribution is -2.35. The number of nitrogens with one attached hydrogen (secondary N) is 1. The molecule has 1 heterocycles. The third kappa shape index (κ3) is 5.12. The van der Waals surface area contributed by atoms with Crippen LogP contribution in [0.4, 0.5) is 0 Å². The van der Waals surface area contributed by atoms with Gasteiger partial charge in [0.15, 0.2) is 0 Å². The van der Waals surface area contributed by atoms with Gasteiger partial charge in [0, 0.05) is 31.4 Å². The SMILES string of the molecule is CC(N)CNC(=O)CCc1cccnc1. The fourth-order valence-electron chi connectivity index (χ4n) is 1.17. The van der Waals surface area contributed by atoms with E-state index in [-0.39, 0.29) is 11.9 Å². The molecule has 82 valence electrons. The molecule has 0 bridgehead atoms. The van der Waals surface area contributed by atoms with Crippen molar-refractivity contribution in [1.29, 1.82) is 0 Å². The molecule has 0 aliphatic carbocycles. The van der Waals surface area contributed by atoms with Crippen LogP contribution in [0.3, 0.4) is 0 Å². The number of carbonyl (C=O) groups is 1. The van der Waals surface area contributed by atoms with Crippen LogP contribution in [0.25, 0.3) is 0 Å². The van der Waals surface area contributed by atoms with E-state index < -0.39 is 0 Å². The van der Waals surface area contributed by atoms with Crippen LogP contribution in [0, 0.1) is 0 Å². The van der Waals surface area contributed by atoms with Gasteiger partial charge in [-0.05, 0) is 25.0 Å². The maximum absolute atomic E-state index is 11.3. The quantitative estimate of drug-likeness (QED) is 0.737. The van der Waals surface area contributed by atoms with Gasteiger partial charge in [-0.1, -0.05) is 6.07 Å². The van der Waals surface area contributed by atoms with Gasteiger partial charge in [0.25, 0.3) is 0 Å². The first-order valence-electron chi connectivity index (χ1n) is 5.09. The molecule has 0 spiro atoms. The highest BCUT2D eigenvalue weighted by Gasteiger charge is 2.02. The minimum Gasteiger partial charge on any atom is -0.355 e. The largest absolute Gasteiger partial charge is 0.355 e. The summed E-state index contributed by atoms with van der Waals surface area (Å²) in [5.74, 6) is 0.0381.